The quantitative estimate of drug-likeness (QED) is 0.563. The van der Waals surface area contributed by atoms with E-state index in [1.807, 2.05) is 17.0 Å². The molecule has 0 aromatic carbocycles. The molecule has 9 heteroatoms. The van der Waals surface area contributed by atoms with Crippen LogP contribution in [0.3, 0.4) is 0 Å². The Morgan fingerprint density at radius 3 is 2.76 bits per heavy atom. The van der Waals surface area contributed by atoms with Gasteiger partial charge < -0.3 is 16.0 Å². The minimum Gasteiger partial charge on any atom is -0.355 e. The van der Waals surface area contributed by atoms with Gasteiger partial charge in [0.15, 0.2) is 0 Å². The number of fused-ring (bicyclic) bond motifs is 1. The molecule has 2 atom stereocenters. The molecule has 33 heavy (non-hydrogen) atoms. The van der Waals surface area contributed by atoms with Gasteiger partial charge in [0.25, 0.3) is 5.92 Å². The highest BCUT2D eigenvalue weighted by Crippen LogP contribution is 2.39. The third kappa shape index (κ3) is 5.10. The molecular formula is C24H32F2N6S. The van der Waals surface area contributed by atoms with E-state index in [-0.39, 0.29) is 24.9 Å². The number of nitrogens with two attached hydrogens (primary N) is 2. The molecule has 3 heterocycles. The monoisotopic (exact) mass is 474 g/mol. The zero-order valence-electron chi connectivity index (χ0n) is 19.2. The van der Waals surface area contributed by atoms with Crippen molar-refractivity contribution in [1.82, 2.24) is 9.97 Å². The summed E-state index contributed by atoms with van der Waals surface area (Å²) in [6.07, 6.45) is 4.21. The van der Waals surface area contributed by atoms with Gasteiger partial charge >= 0.3 is 0 Å². The summed E-state index contributed by atoms with van der Waals surface area (Å²) in [4.78, 5) is 11.1. The molecule has 0 amide bonds. The number of rotatable bonds is 5. The highest BCUT2D eigenvalue weighted by atomic mass is 32.2. The number of pyridine rings is 2. The summed E-state index contributed by atoms with van der Waals surface area (Å²) in [7, 11) is -0.714. The number of alkyl halides is 2. The van der Waals surface area contributed by atoms with E-state index in [2.05, 4.69) is 42.7 Å². The molecule has 2 aromatic rings. The van der Waals surface area contributed by atoms with Crippen molar-refractivity contribution in [3.8, 4) is 0 Å². The van der Waals surface area contributed by atoms with Gasteiger partial charge in [0.2, 0.25) is 0 Å². The van der Waals surface area contributed by atoms with E-state index in [0.29, 0.717) is 16.5 Å². The van der Waals surface area contributed by atoms with Crippen molar-refractivity contribution in [1.29, 1.82) is 0 Å². The second-order valence-electron chi connectivity index (χ2n) is 9.79. The van der Waals surface area contributed by atoms with Crippen molar-refractivity contribution in [2.24, 2.45) is 16.3 Å². The first kappa shape index (κ1) is 23.8. The molecule has 1 aliphatic carbocycles. The predicted octanol–water partition coefficient (Wildman–Crippen LogP) is 4.18. The Morgan fingerprint density at radius 1 is 1.30 bits per heavy atom. The van der Waals surface area contributed by atoms with Gasteiger partial charge in [-0.2, -0.15) is 0 Å². The van der Waals surface area contributed by atoms with Crippen LogP contribution in [0.4, 0.5) is 20.3 Å². The van der Waals surface area contributed by atoms with Crippen molar-refractivity contribution in [3.63, 3.8) is 0 Å². The zero-order chi connectivity index (χ0) is 24.0. The highest BCUT2D eigenvalue weighted by Gasteiger charge is 2.43. The summed E-state index contributed by atoms with van der Waals surface area (Å²) < 4.78 is 28.2. The molecule has 0 bridgehead atoms. The normalized spacial score (nSPS) is 22.4. The average Bonchev–Trinajstić information content (AvgIpc) is 2.74. The van der Waals surface area contributed by atoms with Crippen molar-refractivity contribution in [2.75, 3.05) is 23.3 Å². The molecule has 1 aliphatic heterocycles. The molecule has 2 unspecified atom stereocenters. The van der Waals surface area contributed by atoms with Gasteiger partial charge in [-0.15, -0.1) is 0 Å². The molecule has 1 fully saturated rings. The first-order valence-electron chi connectivity index (χ1n) is 11.1. The van der Waals surface area contributed by atoms with Crippen LogP contribution in [0.2, 0.25) is 0 Å². The second-order valence-corrected chi connectivity index (χ2v) is 11.1. The molecule has 2 aromatic heterocycles. The molecule has 0 saturated carbocycles. The van der Waals surface area contributed by atoms with Crippen LogP contribution in [-0.2, 0) is 12.8 Å². The van der Waals surface area contributed by atoms with E-state index in [0.717, 1.165) is 36.2 Å². The number of halogens is 2. The van der Waals surface area contributed by atoms with Crippen molar-refractivity contribution in [2.45, 2.75) is 56.5 Å². The number of hydrogen-bond acceptors (Lipinski definition) is 6. The van der Waals surface area contributed by atoms with E-state index >= 15 is 0 Å². The first-order valence-corrected chi connectivity index (χ1v) is 12.5. The van der Waals surface area contributed by atoms with E-state index in [9.17, 15) is 8.78 Å². The van der Waals surface area contributed by atoms with Crippen molar-refractivity contribution < 1.29 is 8.78 Å². The molecule has 0 spiro atoms. The maximum absolute atomic E-state index is 14.1. The van der Waals surface area contributed by atoms with Crippen LogP contribution in [0.1, 0.15) is 43.5 Å². The third-order valence-corrected chi connectivity index (χ3v) is 7.25. The summed E-state index contributed by atoms with van der Waals surface area (Å²) >= 11 is 0. The van der Waals surface area contributed by atoms with E-state index in [1.165, 1.54) is 5.56 Å². The van der Waals surface area contributed by atoms with Gasteiger partial charge in [-0.1, -0.05) is 37.0 Å². The first-order chi connectivity index (χ1) is 15.4. The fourth-order valence-electron chi connectivity index (χ4n) is 4.43. The molecule has 0 radical (unpaired) electrons. The number of anilines is 2. The van der Waals surface area contributed by atoms with Crippen molar-refractivity contribution in [3.05, 3.63) is 47.8 Å². The summed E-state index contributed by atoms with van der Waals surface area (Å²) in [5.74, 6) is 1.63. The van der Waals surface area contributed by atoms with Crippen LogP contribution in [0.25, 0.3) is 5.70 Å². The second kappa shape index (κ2) is 8.77. The zero-order valence-corrected chi connectivity index (χ0v) is 20.0. The highest BCUT2D eigenvalue weighted by molar-refractivity contribution is 8.12. The summed E-state index contributed by atoms with van der Waals surface area (Å²) in [5, 5.41) is 9.90. The molecule has 5 N–H and O–H groups in total. The molecule has 1 saturated heterocycles. The minimum absolute atomic E-state index is 0.0410. The Kier molecular flexibility index (Phi) is 6.32. The van der Waals surface area contributed by atoms with Gasteiger partial charge in [-0.3, -0.25) is 5.14 Å². The smallest absolute Gasteiger partial charge is 0.266 e. The molecule has 2 aliphatic rings. The average molecular weight is 475 g/mol. The van der Waals surface area contributed by atoms with Crippen LogP contribution < -0.4 is 21.1 Å². The summed E-state index contributed by atoms with van der Waals surface area (Å²) in [5.41, 5.74) is 10.4. The Morgan fingerprint density at radius 2 is 2.06 bits per heavy atom. The van der Waals surface area contributed by atoms with Crippen LogP contribution in [0.15, 0.2) is 36.0 Å². The fraction of sp³-hybridized carbons (Fsp3) is 0.458. The van der Waals surface area contributed by atoms with Crippen LogP contribution in [0, 0.1) is 5.41 Å². The fourth-order valence-corrected chi connectivity index (χ4v) is 4.90. The molecule has 6 nitrogen and oxygen atoms in total. The van der Waals surface area contributed by atoms with E-state index in [4.69, 9.17) is 15.9 Å². The van der Waals surface area contributed by atoms with Gasteiger partial charge in [0, 0.05) is 48.3 Å². The largest absolute Gasteiger partial charge is 0.355 e. The lowest BCUT2D eigenvalue weighted by Crippen LogP contribution is -2.55. The maximum Gasteiger partial charge on any atom is 0.266 e. The number of nitrogens with one attached hydrogen (secondary N) is 1. The lowest BCUT2D eigenvalue weighted by atomic mass is 9.76. The van der Waals surface area contributed by atoms with E-state index in [1.54, 1.807) is 6.20 Å². The van der Waals surface area contributed by atoms with Gasteiger partial charge in [-0.25, -0.2) is 18.7 Å². The Bertz CT molecular complexity index is 1100. The number of aryl methyl sites for hydroxylation is 1. The Hall–Kier alpha value is -2.36. The minimum atomic E-state index is -2.87. The summed E-state index contributed by atoms with van der Waals surface area (Å²) in [6, 6.07) is 4.54. The number of aromatic nitrogens is 2. The van der Waals surface area contributed by atoms with E-state index < -0.39 is 22.6 Å². The lowest BCUT2D eigenvalue weighted by molar-refractivity contribution is -0.0394. The Balaban J connectivity index is 1.71. The number of nitrogens with zero attached hydrogens (tertiary/aromatic N) is 3. The third-order valence-electron chi connectivity index (χ3n) is 6.49. The summed E-state index contributed by atoms with van der Waals surface area (Å²) in [6.45, 7) is 8.95. The predicted molar refractivity (Wildman–Crippen MR) is 134 cm³/mol. The van der Waals surface area contributed by atoms with Crippen LogP contribution in [-0.4, -0.2) is 40.9 Å². The standard InChI is InChI=1S/C24H32F2N6S/c1-15(30-17-6-9-29-21(12-17)33(4)28)18-11-16-5-7-23(2,3)13-19(16)31-22(18)32-10-8-24(25,26)20(27)14-32/h6,9,11-12,20H,1,4-5,7-8,10,13-14,27-28H2,2-3H3,(H,29,30). The SMILES string of the molecule is C=C(Nc1ccnc(S(=C)N)c1)c1cc2c(nc1N1CCC(F)(F)C(N)C1)CC(C)(C)CC2. The molecule has 4 rings (SSSR count). The molecule has 178 valence electrons. The van der Waals surface area contributed by atoms with Crippen LogP contribution >= 0.6 is 10.7 Å². The van der Waals surface area contributed by atoms with Gasteiger partial charge in [-0.05, 0) is 48.4 Å². The Labute approximate surface area is 196 Å². The maximum atomic E-state index is 14.1. The topological polar surface area (TPSA) is 93.1 Å². The van der Waals surface area contributed by atoms with Crippen LogP contribution in [0.5, 0.6) is 0 Å². The van der Waals surface area contributed by atoms with Crippen molar-refractivity contribution >= 4 is 33.7 Å². The number of piperidine rings is 1. The van der Waals surface area contributed by atoms with Gasteiger partial charge in [0.1, 0.15) is 10.8 Å². The van der Waals surface area contributed by atoms with Gasteiger partial charge in [0.05, 0.1) is 6.04 Å². The lowest BCUT2D eigenvalue weighted by Gasteiger charge is -2.39. The molecular weight excluding hydrogens is 442 g/mol. The number of hydrogen-bond donors (Lipinski definition) is 3.